The smallest absolute Gasteiger partial charge is 0.123 e. The number of thiophene rings is 2. The average Bonchev–Trinajstić information content (AvgIpc) is 1.45. The lowest BCUT2D eigenvalue weighted by Crippen LogP contribution is -2.25. The van der Waals surface area contributed by atoms with Crippen molar-refractivity contribution in [3.05, 3.63) is 166 Å². The van der Waals surface area contributed by atoms with E-state index in [0.29, 0.717) is 5.92 Å². The number of fused-ring (bicyclic) bond motifs is 11. The fraction of sp³-hybridized carbons (Fsp3) is 0.566. The molecule has 12 rings (SSSR count). The zero-order valence-corrected chi connectivity index (χ0v) is 72.1. The van der Waals surface area contributed by atoms with Crippen LogP contribution in [0.1, 0.15) is 382 Å². The number of aryl methyl sites for hydroxylation is 2. The monoisotopic (exact) mass is 1510 g/mol. The van der Waals surface area contributed by atoms with Gasteiger partial charge in [-0.25, -0.2) is 4.39 Å². The van der Waals surface area contributed by atoms with E-state index >= 15 is 4.39 Å². The van der Waals surface area contributed by atoms with Crippen molar-refractivity contribution in [2.75, 3.05) is 0 Å². The maximum atomic E-state index is 16.9. The first-order valence-electron chi connectivity index (χ1n) is 46.3. The molecule has 4 heteroatoms. The first-order valence-corrected chi connectivity index (χ1v) is 48.0. The van der Waals surface area contributed by atoms with Crippen LogP contribution in [0.2, 0.25) is 0 Å². The van der Waals surface area contributed by atoms with Crippen LogP contribution in [0, 0.1) is 25.6 Å². The summed E-state index contributed by atoms with van der Waals surface area (Å²) in [7, 11) is 0. The Morgan fingerprint density at radius 1 is 0.327 bits per heavy atom. The first-order chi connectivity index (χ1) is 54.1. The maximum Gasteiger partial charge on any atom is 0.123 e. The number of halogens is 1. The molecule has 110 heavy (non-hydrogen) atoms. The van der Waals surface area contributed by atoms with Gasteiger partial charge in [-0.05, 0) is 188 Å². The standard InChI is InChI=1S/C106H144FNS2/c1-9-15-20-24-28-32-36-40-44-50-67-105(68-51-45-41-37-33-29-25-21-16-10-2)94-71-79(7)57-62-86(94)88-65-60-84(75-96(88)105)102-91-56-49-48-55-90(91)101(92-66-61-85(107)76-93(92)102)83-59-64-89-87-63-58-82(100-77-99-104(110-100)103-98(72-80(8)109-103)108(99)78-81(14-6)54-19-13-5)73-95(87)106(97(89)74-83,69-52-46-42-38-34-30-26-22-17-11-3)70-53-47-43-39-35-31-27-23-18-12-4/h48-49,55-66,71-77,81H,9-47,50-54,67-70,78H2,1-8H3. The summed E-state index contributed by atoms with van der Waals surface area (Å²) in [6.45, 7) is 19.8. The number of hydrogen-bond donors (Lipinski definition) is 0. The molecule has 3 aromatic heterocycles. The van der Waals surface area contributed by atoms with Crippen LogP contribution in [0.5, 0.6) is 0 Å². The topological polar surface area (TPSA) is 4.93 Å². The summed E-state index contributed by atoms with van der Waals surface area (Å²) in [4.78, 5) is 2.82. The lowest BCUT2D eigenvalue weighted by molar-refractivity contribution is 0.397. The third kappa shape index (κ3) is 20.1. The van der Waals surface area contributed by atoms with Gasteiger partial charge < -0.3 is 4.57 Å². The quantitative estimate of drug-likeness (QED) is 0.0264. The molecule has 2 aliphatic carbocycles. The third-order valence-corrected chi connectivity index (χ3v) is 29.3. The SMILES string of the molecule is CCCCCCCCCCCCC1(CCCCCCCCCCCC)c2cc(C)ccc2-c2ccc(-c3c4ccccc4c(-c4ccc5c(c4)C(CCCCCCCCCCCC)(CCCCCCCCCCCC)c4cc(-c6cc7c(s6)c6sc(C)cc6n7CC(CC)CCCC)ccc4-5)c4ccc(F)cc34)cc21. The van der Waals surface area contributed by atoms with Crippen LogP contribution in [-0.2, 0) is 17.4 Å². The summed E-state index contributed by atoms with van der Waals surface area (Å²) < 4.78 is 22.5. The zero-order chi connectivity index (χ0) is 76.5. The predicted molar refractivity (Wildman–Crippen MR) is 488 cm³/mol. The summed E-state index contributed by atoms with van der Waals surface area (Å²) in [5.41, 5.74) is 22.2. The van der Waals surface area contributed by atoms with Crippen molar-refractivity contribution in [3.63, 3.8) is 0 Å². The molecule has 0 saturated heterocycles. The zero-order valence-electron chi connectivity index (χ0n) is 70.5. The van der Waals surface area contributed by atoms with Gasteiger partial charge in [-0.1, -0.05) is 408 Å². The summed E-state index contributed by atoms with van der Waals surface area (Å²) in [6.07, 6.45) is 63.4. The van der Waals surface area contributed by atoms with E-state index in [1.54, 1.807) is 17.2 Å². The van der Waals surface area contributed by atoms with Gasteiger partial charge in [0, 0.05) is 27.1 Å². The molecule has 7 aromatic carbocycles. The Hall–Kier alpha value is -5.81. The second-order valence-electron chi connectivity index (χ2n) is 35.1. The number of benzene rings is 7. The molecular weight excluding hydrogens is 1370 g/mol. The Bertz CT molecular complexity index is 4440. The van der Waals surface area contributed by atoms with Crippen molar-refractivity contribution in [1.29, 1.82) is 0 Å². The summed E-state index contributed by atoms with van der Waals surface area (Å²) in [6, 6.07) is 50.7. The number of nitrogens with zero attached hydrogens (tertiary/aromatic N) is 1. The Balaban J connectivity index is 0.947. The highest BCUT2D eigenvalue weighted by Crippen LogP contribution is 2.59. The Morgan fingerprint density at radius 2 is 0.682 bits per heavy atom. The van der Waals surface area contributed by atoms with Crippen molar-refractivity contribution in [2.24, 2.45) is 5.92 Å². The molecule has 0 amide bonds. The highest BCUT2D eigenvalue weighted by atomic mass is 32.1. The van der Waals surface area contributed by atoms with Crippen molar-refractivity contribution < 1.29 is 4.39 Å². The van der Waals surface area contributed by atoms with Crippen LogP contribution in [-0.4, -0.2) is 4.57 Å². The maximum absolute atomic E-state index is 16.9. The van der Waals surface area contributed by atoms with Gasteiger partial charge in [-0.15, -0.1) is 22.7 Å². The number of unbranched alkanes of at least 4 members (excludes halogenated alkanes) is 37. The molecule has 0 bridgehead atoms. The minimum atomic E-state index is -0.167. The van der Waals surface area contributed by atoms with Crippen LogP contribution in [0.4, 0.5) is 4.39 Å². The van der Waals surface area contributed by atoms with Gasteiger partial charge >= 0.3 is 0 Å². The van der Waals surface area contributed by atoms with E-state index in [1.807, 2.05) is 28.7 Å². The third-order valence-electron chi connectivity index (χ3n) is 26.9. The van der Waals surface area contributed by atoms with Crippen LogP contribution in [0.15, 0.2) is 127 Å². The highest BCUT2D eigenvalue weighted by Gasteiger charge is 2.45. The molecule has 2 aliphatic rings. The van der Waals surface area contributed by atoms with Crippen LogP contribution in [0.25, 0.3) is 96.9 Å². The summed E-state index contributed by atoms with van der Waals surface area (Å²) in [5, 5.41) is 4.64. The number of hydrogen-bond acceptors (Lipinski definition) is 2. The molecule has 0 fully saturated rings. The van der Waals surface area contributed by atoms with Gasteiger partial charge in [0.25, 0.3) is 0 Å². The lowest BCUT2D eigenvalue weighted by Gasteiger charge is -2.34. The minimum absolute atomic E-state index is 0.0781. The minimum Gasteiger partial charge on any atom is -0.339 e. The Kier molecular flexibility index (Phi) is 32.3. The molecule has 1 atom stereocenters. The predicted octanol–water partition coefficient (Wildman–Crippen LogP) is 36.0. The molecule has 0 N–H and O–H groups in total. The van der Waals surface area contributed by atoms with Gasteiger partial charge in [0.2, 0.25) is 0 Å². The lowest BCUT2D eigenvalue weighted by atomic mass is 9.69. The van der Waals surface area contributed by atoms with E-state index in [1.165, 1.54) is 403 Å². The molecule has 0 spiro atoms. The van der Waals surface area contributed by atoms with Gasteiger partial charge in [-0.3, -0.25) is 0 Å². The Labute approximate surface area is 676 Å². The molecular formula is C106H144FNS2. The number of aromatic nitrogens is 1. The largest absolute Gasteiger partial charge is 0.339 e. The molecule has 1 unspecified atom stereocenters. The van der Waals surface area contributed by atoms with E-state index in [2.05, 4.69) is 175 Å². The molecule has 0 radical (unpaired) electrons. The fourth-order valence-electron chi connectivity index (χ4n) is 20.6. The van der Waals surface area contributed by atoms with Gasteiger partial charge in [0.1, 0.15) is 5.82 Å². The van der Waals surface area contributed by atoms with E-state index < -0.39 is 0 Å². The normalized spacial score (nSPS) is 13.8. The van der Waals surface area contributed by atoms with Crippen molar-refractivity contribution in [2.45, 2.75) is 381 Å². The fourth-order valence-corrected chi connectivity index (χ4v) is 22.9. The first kappa shape index (κ1) is 83.6. The van der Waals surface area contributed by atoms with Crippen molar-refractivity contribution >= 4 is 64.7 Å². The number of rotatable bonds is 53. The van der Waals surface area contributed by atoms with Gasteiger partial charge in [0.05, 0.1) is 20.4 Å². The molecule has 0 saturated carbocycles. The summed E-state index contributed by atoms with van der Waals surface area (Å²) >= 11 is 4.05. The molecule has 3 heterocycles. The van der Waals surface area contributed by atoms with Crippen LogP contribution >= 0.6 is 22.7 Å². The Morgan fingerprint density at radius 3 is 1.11 bits per heavy atom. The van der Waals surface area contributed by atoms with Crippen molar-refractivity contribution in [1.82, 2.24) is 4.57 Å². The molecule has 592 valence electrons. The second-order valence-corrected chi connectivity index (χ2v) is 37.4. The van der Waals surface area contributed by atoms with Gasteiger partial charge in [-0.2, -0.15) is 0 Å². The van der Waals surface area contributed by atoms with E-state index in [9.17, 15) is 0 Å². The van der Waals surface area contributed by atoms with Crippen molar-refractivity contribution in [3.8, 4) is 54.9 Å². The molecule has 1 nitrogen and oxygen atoms in total. The van der Waals surface area contributed by atoms with Crippen LogP contribution in [0.3, 0.4) is 0 Å². The highest BCUT2D eigenvalue weighted by molar-refractivity contribution is 7.29. The van der Waals surface area contributed by atoms with E-state index in [-0.39, 0.29) is 16.6 Å². The second kappa shape index (κ2) is 42.5. The molecule has 10 aromatic rings. The van der Waals surface area contributed by atoms with E-state index in [4.69, 9.17) is 0 Å². The average molecular weight is 1520 g/mol. The molecule has 0 aliphatic heterocycles. The van der Waals surface area contributed by atoms with Crippen LogP contribution < -0.4 is 0 Å². The van der Waals surface area contributed by atoms with Gasteiger partial charge in [0.15, 0.2) is 0 Å². The van der Waals surface area contributed by atoms with E-state index in [0.717, 1.165) is 30.2 Å². The summed E-state index contributed by atoms with van der Waals surface area (Å²) in [5.74, 6) is 0.508.